The second kappa shape index (κ2) is 7.34. The van der Waals surface area contributed by atoms with Gasteiger partial charge in [-0.2, -0.15) is 0 Å². The molecule has 2 aromatic rings. The number of anilines is 1. The van der Waals surface area contributed by atoms with E-state index in [0.717, 1.165) is 18.8 Å². The molecule has 0 saturated carbocycles. The van der Waals surface area contributed by atoms with E-state index in [2.05, 4.69) is 17.0 Å². The van der Waals surface area contributed by atoms with Gasteiger partial charge in [-0.1, -0.05) is 18.2 Å². The minimum atomic E-state index is -0.495. The van der Waals surface area contributed by atoms with Crippen LogP contribution in [0.3, 0.4) is 0 Å². The number of hydrogen-bond acceptors (Lipinski definition) is 3. The third kappa shape index (κ3) is 3.50. The van der Waals surface area contributed by atoms with Gasteiger partial charge in [-0.05, 0) is 37.3 Å². The zero-order valence-corrected chi connectivity index (χ0v) is 13.7. The summed E-state index contributed by atoms with van der Waals surface area (Å²) in [7, 11) is 0. The molecule has 5 heteroatoms. The molecule has 1 heterocycles. The van der Waals surface area contributed by atoms with Crippen LogP contribution in [0.4, 0.5) is 10.1 Å². The lowest BCUT2D eigenvalue weighted by Crippen LogP contribution is -2.48. The second-order valence-electron chi connectivity index (χ2n) is 5.69. The van der Waals surface area contributed by atoms with E-state index in [1.807, 2.05) is 18.2 Å². The minimum Gasteiger partial charge on any atom is -0.491 e. The predicted molar refractivity (Wildman–Crippen MR) is 92.1 cm³/mol. The number of carbonyl (C=O) groups is 1. The van der Waals surface area contributed by atoms with Crippen molar-refractivity contribution >= 4 is 11.6 Å². The fourth-order valence-corrected chi connectivity index (χ4v) is 2.90. The van der Waals surface area contributed by atoms with E-state index in [0.29, 0.717) is 25.3 Å². The van der Waals surface area contributed by atoms with Crippen LogP contribution in [0, 0.1) is 5.82 Å². The summed E-state index contributed by atoms with van der Waals surface area (Å²) in [6.45, 7) is 4.99. The van der Waals surface area contributed by atoms with Gasteiger partial charge in [-0.25, -0.2) is 4.39 Å². The summed E-state index contributed by atoms with van der Waals surface area (Å²) in [6.07, 6.45) is 0. The van der Waals surface area contributed by atoms with Gasteiger partial charge in [-0.15, -0.1) is 0 Å². The zero-order chi connectivity index (χ0) is 16.9. The highest BCUT2D eigenvalue weighted by molar-refractivity contribution is 5.94. The van der Waals surface area contributed by atoms with Crippen molar-refractivity contribution in [1.82, 2.24) is 4.90 Å². The van der Waals surface area contributed by atoms with Gasteiger partial charge in [0.2, 0.25) is 0 Å². The highest BCUT2D eigenvalue weighted by atomic mass is 19.1. The fraction of sp³-hybridized carbons (Fsp3) is 0.316. The summed E-state index contributed by atoms with van der Waals surface area (Å²) < 4.78 is 19.1. The Kier molecular flexibility index (Phi) is 4.99. The first-order valence-electron chi connectivity index (χ1n) is 8.20. The number of para-hydroxylation sites is 1. The molecule has 0 N–H and O–H groups in total. The van der Waals surface area contributed by atoms with Gasteiger partial charge in [0.15, 0.2) is 11.6 Å². The third-order valence-corrected chi connectivity index (χ3v) is 4.17. The zero-order valence-electron chi connectivity index (χ0n) is 13.7. The van der Waals surface area contributed by atoms with Crippen molar-refractivity contribution in [3.63, 3.8) is 0 Å². The first kappa shape index (κ1) is 16.3. The SMILES string of the molecule is CCOc1ccc(C(=O)N2CCN(c3ccccc3)CC2)cc1F. The molecular formula is C19H21FN2O2. The van der Waals surface area contributed by atoms with Crippen LogP contribution in [0.15, 0.2) is 48.5 Å². The molecule has 0 spiro atoms. The molecule has 1 fully saturated rings. The van der Waals surface area contributed by atoms with Crippen molar-refractivity contribution in [2.24, 2.45) is 0 Å². The number of ether oxygens (including phenoxy) is 1. The Labute approximate surface area is 141 Å². The van der Waals surface area contributed by atoms with Crippen LogP contribution >= 0.6 is 0 Å². The number of benzene rings is 2. The van der Waals surface area contributed by atoms with Gasteiger partial charge in [0.1, 0.15) is 0 Å². The first-order valence-corrected chi connectivity index (χ1v) is 8.20. The van der Waals surface area contributed by atoms with Gasteiger partial charge in [-0.3, -0.25) is 4.79 Å². The third-order valence-electron chi connectivity index (χ3n) is 4.17. The van der Waals surface area contributed by atoms with Crippen LogP contribution in [0.1, 0.15) is 17.3 Å². The van der Waals surface area contributed by atoms with E-state index in [4.69, 9.17) is 4.74 Å². The summed E-state index contributed by atoms with van der Waals surface area (Å²) in [5.74, 6) is -0.446. The number of piperazine rings is 1. The molecule has 0 atom stereocenters. The lowest BCUT2D eigenvalue weighted by molar-refractivity contribution is 0.0746. The van der Waals surface area contributed by atoms with Gasteiger partial charge in [0.05, 0.1) is 6.61 Å². The maximum Gasteiger partial charge on any atom is 0.254 e. The Balaban J connectivity index is 1.64. The molecule has 126 valence electrons. The van der Waals surface area contributed by atoms with Crippen LogP contribution in [0.5, 0.6) is 5.75 Å². The van der Waals surface area contributed by atoms with Crippen LogP contribution < -0.4 is 9.64 Å². The summed E-state index contributed by atoms with van der Waals surface area (Å²) in [4.78, 5) is 16.6. The highest BCUT2D eigenvalue weighted by Crippen LogP contribution is 2.21. The minimum absolute atomic E-state index is 0.135. The van der Waals surface area contributed by atoms with Crippen LogP contribution in [-0.2, 0) is 0 Å². The average Bonchev–Trinajstić information content (AvgIpc) is 2.64. The van der Waals surface area contributed by atoms with E-state index in [9.17, 15) is 9.18 Å². The maximum absolute atomic E-state index is 13.9. The van der Waals surface area contributed by atoms with Gasteiger partial charge >= 0.3 is 0 Å². The van der Waals surface area contributed by atoms with E-state index < -0.39 is 5.82 Å². The summed E-state index contributed by atoms with van der Waals surface area (Å²) >= 11 is 0. The lowest BCUT2D eigenvalue weighted by Gasteiger charge is -2.36. The first-order chi connectivity index (χ1) is 11.7. The number of hydrogen-bond donors (Lipinski definition) is 0. The smallest absolute Gasteiger partial charge is 0.254 e. The van der Waals surface area contributed by atoms with Crippen LogP contribution in [-0.4, -0.2) is 43.6 Å². The van der Waals surface area contributed by atoms with Crippen molar-refractivity contribution in [2.45, 2.75) is 6.92 Å². The maximum atomic E-state index is 13.9. The average molecular weight is 328 g/mol. The monoisotopic (exact) mass is 328 g/mol. The van der Waals surface area contributed by atoms with Crippen molar-refractivity contribution in [3.8, 4) is 5.75 Å². The summed E-state index contributed by atoms with van der Waals surface area (Å²) in [6, 6.07) is 14.6. The highest BCUT2D eigenvalue weighted by Gasteiger charge is 2.23. The Hall–Kier alpha value is -2.56. The lowest BCUT2D eigenvalue weighted by atomic mass is 10.1. The molecule has 2 aromatic carbocycles. The molecular weight excluding hydrogens is 307 g/mol. The summed E-state index contributed by atoms with van der Waals surface area (Å²) in [5, 5.41) is 0. The Morgan fingerprint density at radius 1 is 1.08 bits per heavy atom. The summed E-state index contributed by atoms with van der Waals surface area (Å²) in [5.41, 5.74) is 1.53. The standard InChI is InChI=1S/C19H21FN2O2/c1-2-24-18-9-8-15(14-17(18)20)19(23)22-12-10-21(11-13-22)16-6-4-3-5-7-16/h3-9,14H,2,10-13H2,1H3. The predicted octanol–water partition coefficient (Wildman–Crippen LogP) is 3.19. The molecule has 0 aliphatic carbocycles. The molecule has 3 rings (SSSR count). The van der Waals surface area contributed by atoms with Gasteiger partial charge in [0, 0.05) is 37.4 Å². The number of halogens is 1. The van der Waals surface area contributed by atoms with Crippen molar-refractivity contribution < 1.29 is 13.9 Å². The van der Waals surface area contributed by atoms with E-state index in [1.165, 1.54) is 12.1 Å². The fourth-order valence-electron chi connectivity index (χ4n) is 2.90. The van der Waals surface area contributed by atoms with E-state index >= 15 is 0 Å². The van der Waals surface area contributed by atoms with Crippen LogP contribution in [0.25, 0.3) is 0 Å². The molecule has 0 bridgehead atoms. The van der Waals surface area contributed by atoms with Crippen LogP contribution in [0.2, 0.25) is 0 Å². The molecule has 1 amide bonds. The molecule has 24 heavy (non-hydrogen) atoms. The number of nitrogens with zero attached hydrogens (tertiary/aromatic N) is 2. The van der Waals surface area contributed by atoms with E-state index in [-0.39, 0.29) is 11.7 Å². The molecule has 0 aromatic heterocycles. The molecule has 0 unspecified atom stereocenters. The molecule has 0 radical (unpaired) electrons. The largest absolute Gasteiger partial charge is 0.491 e. The van der Waals surface area contributed by atoms with Crippen molar-refractivity contribution in [2.75, 3.05) is 37.7 Å². The molecule has 1 saturated heterocycles. The Bertz CT molecular complexity index is 698. The van der Waals surface area contributed by atoms with Crippen molar-refractivity contribution in [1.29, 1.82) is 0 Å². The molecule has 1 aliphatic heterocycles. The van der Waals surface area contributed by atoms with Gasteiger partial charge < -0.3 is 14.5 Å². The molecule has 1 aliphatic rings. The Morgan fingerprint density at radius 2 is 1.79 bits per heavy atom. The quantitative estimate of drug-likeness (QED) is 0.864. The van der Waals surface area contributed by atoms with Crippen molar-refractivity contribution in [3.05, 3.63) is 59.9 Å². The number of rotatable bonds is 4. The van der Waals surface area contributed by atoms with E-state index in [1.54, 1.807) is 17.9 Å². The number of amides is 1. The van der Waals surface area contributed by atoms with Gasteiger partial charge in [0.25, 0.3) is 5.91 Å². The topological polar surface area (TPSA) is 32.8 Å². The second-order valence-corrected chi connectivity index (χ2v) is 5.69. The molecule has 4 nitrogen and oxygen atoms in total. The Morgan fingerprint density at radius 3 is 2.42 bits per heavy atom. The number of carbonyl (C=O) groups excluding carboxylic acids is 1. The normalized spacial score (nSPS) is 14.6.